The monoisotopic (exact) mass is 1110 g/mol. The first kappa shape index (κ1) is 50.2. The Kier molecular flexibility index (Phi) is 11.9. The number of para-hydroxylation sites is 4. The summed E-state index contributed by atoms with van der Waals surface area (Å²) in [5.41, 5.74) is 17.7. The molecule has 0 saturated carbocycles. The largest absolute Gasteiger partial charge is 0.454 e. The molecule has 0 N–H and O–H groups in total. The van der Waals surface area contributed by atoms with Crippen LogP contribution in [0.4, 0.5) is 38.5 Å². The van der Waals surface area contributed by atoms with Crippen molar-refractivity contribution in [3.8, 4) is 55.6 Å². The number of halogens is 1. The zero-order valence-electron chi connectivity index (χ0n) is 47.0. The molecule has 0 atom stereocenters. The van der Waals surface area contributed by atoms with E-state index in [2.05, 4.69) is 241 Å². The lowest BCUT2D eigenvalue weighted by Gasteiger charge is -2.36. The summed E-state index contributed by atoms with van der Waals surface area (Å²) in [4.78, 5) is 4.50. The molecule has 2 heterocycles. The van der Waals surface area contributed by atoms with E-state index in [4.69, 9.17) is 4.42 Å². The van der Waals surface area contributed by atoms with Gasteiger partial charge in [0, 0.05) is 39.0 Å². The molecule has 14 aromatic carbocycles. The molecule has 402 valence electrons. The Bertz CT molecular complexity index is 5100. The molecule has 1 aliphatic heterocycles. The van der Waals surface area contributed by atoms with Gasteiger partial charge in [0.25, 0.3) is 0 Å². The number of anilines is 6. The lowest BCUT2D eigenvalue weighted by molar-refractivity contribution is 0.630. The second-order valence-corrected chi connectivity index (χ2v) is 27.2. The lowest BCUT2D eigenvalue weighted by atomic mass is 9.87. The molecule has 1 aliphatic rings. The highest BCUT2D eigenvalue weighted by Crippen LogP contribution is 2.50. The first-order valence-corrected chi connectivity index (χ1v) is 32.2. The van der Waals surface area contributed by atoms with Gasteiger partial charge in [0.2, 0.25) is 0 Å². The zero-order chi connectivity index (χ0) is 56.8. The summed E-state index contributed by atoms with van der Waals surface area (Å²) in [6.45, 7) is 4.97. The molecule has 0 bridgehead atoms. The van der Waals surface area contributed by atoms with Crippen molar-refractivity contribution in [2.45, 2.75) is 13.1 Å². The minimum absolute atomic E-state index is 0.287. The summed E-state index contributed by atoms with van der Waals surface area (Å²) < 4.78 is 24.4. The summed E-state index contributed by atoms with van der Waals surface area (Å²) in [6, 6.07) is 105. The van der Waals surface area contributed by atoms with Crippen LogP contribution in [0, 0.1) is 5.82 Å². The Labute approximate surface area is 494 Å². The van der Waals surface area contributed by atoms with Crippen molar-refractivity contribution >= 4 is 107 Å². The normalized spacial score (nSPS) is 12.5. The highest BCUT2D eigenvalue weighted by atomic mass is 28.3. The molecule has 3 nitrogen and oxygen atoms in total. The highest BCUT2D eigenvalue weighted by molar-refractivity contribution is 7.03. The Morgan fingerprint density at radius 2 is 0.847 bits per heavy atom. The molecule has 15 aromatic rings. The van der Waals surface area contributed by atoms with Gasteiger partial charge in [-0.1, -0.05) is 231 Å². The van der Waals surface area contributed by atoms with Gasteiger partial charge < -0.3 is 14.2 Å². The molecule has 0 unspecified atom stereocenters. The van der Waals surface area contributed by atoms with E-state index in [1.54, 1.807) is 6.07 Å². The predicted octanol–water partition coefficient (Wildman–Crippen LogP) is 21.6. The van der Waals surface area contributed by atoms with Crippen molar-refractivity contribution < 1.29 is 8.81 Å². The summed E-state index contributed by atoms with van der Waals surface area (Å²) >= 11 is 0. The van der Waals surface area contributed by atoms with Crippen molar-refractivity contribution in [2.24, 2.45) is 0 Å². The van der Waals surface area contributed by atoms with Crippen LogP contribution in [0.3, 0.4) is 0 Å². The summed E-state index contributed by atoms with van der Waals surface area (Å²) in [7, 11) is -2.46. The van der Waals surface area contributed by atoms with E-state index in [9.17, 15) is 0 Å². The fraction of sp³-hybridized carbons (Fsp3) is 0.0250. The molecule has 0 saturated heterocycles. The van der Waals surface area contributed by atoms with Crippen molar-refractivity contribution in [1.29, 1.82) is 0 Å². The summed E-state index contributed by atoms with van der Waals surface area (Å²) in [6.07, 6.45) is 0. The first-order valence-electron chi connectivity index (χ1n) is 29.2. The standard InChI is InChI=1S/C80H55FN2OSi/c1-85(2)76-40-22-35-65-70-50-67(55-41-43-58(44-42-55)83(73-37-19-17-31-60(73)53-25-9-4-10-26-53)74-38-21-36-66-63-34-18-20-39-75(63)84-80(66)74)61-32-15-16-33-62(61)69(70)51-71(78(65)76)64-46-45-59(49-77(64)85)82(57-29-13-6-14-30-57)79-68(54-27-11-5-12-28-54)47-56(48-72(79)81)52-23-7-3-8-24-52/h3-51H,1-2H3. The first-order chi connectivity index (χ1) is 41.9. The predicted molar refractivity (Wildman–Crippen MR) is 359 cm³/mol. The van der Waals surface area contributed by atoms with Crippen LogP contribution in [0.1, 0.15) is 0 Å². The molecule has 16 rings (SSSR count). The number of hydrogen-bond acceptors (Lipinski definition) is 3. The topological polar surface area (TPSA) is 19.6 Å². The van der Waals surface area contributed by atoms with E-state index in [0.717, 1.165) is 89.3 Å². The molecule has 0 radical (unpaired) electrons. The number of fused-ring (bicyclic) bond motifs is 9. The third kappa shape index (κ3) is 8.22. The number of hydrogen-bond donors (Lipinski definition) is 0. The maximum atomic E-state index is 17.6. The quantitative estimate of drug-likeness (QED) is 0.101. The van der Waals surface area contributed by atoms with Gasteiger partial charge in [-0.05, 0) is 166 Å². The number of rotatable bonds is 10. The van der Waals surface area contributed by atoms with Crippen molar-refractivity contribution in [2.75, 3.05) is 9.80 Å². The molecule has 0 aliphatic carbocycles. The maximum Gasteiger partial charge on any atom is 0.159 e. The summed E-state index contributed by atoms with van der Waals surface area (Å²) in [5, 5.41) is 12.3. The van der Waals surface area contributed by atoms with Crippen LogP contribution in [-0.4, -0.2) is 8.07 Å². The van der Waals surface area contributed by atoms with Crippen molar-refractivity contribution in [3.63, 3.8) is 0 Å². The smallest absolute Gasteiger partial charge is 0.159 e. The van der Waals surface area contributed by atoms with E-state index < -0.39 is 8.07 Å². The Balaban J connectivity index is 0.851. The molecule has 0 fully saturated rings. The molecule has 0 spiro atoms. The van der Waals surface area contributed by atoms with Crippen LogP contribution in [0.2, 0.25) is 13.1 Å². The van der Waals surface area contributed by atoms with Crippen molar-refractivity contribution in [3.05, 3.63) is 303 Å². The van der Waals surface area contributed by atoms with Gasteiger partial charge in [0.1, 0.15) is 19.5 Å². The Morgan fingerprint density at radius 1 is 0.306 bits per heavy atom. The van der Waals surface area contributed by atoms with Gasteiger partial charge in [0.05, 0.1) is 17.1 Å². The van der Waals surface area contributed by atoms with Crippen LogP contribution < -0.4 is 20.2 Å². The molecule has 85 heavy (non-hydrogen) atoms. The molecule has 1 aromatic heterocycles. The van der Waals surface area contributed by atoms with Crippen LogP contribution in [-0.2, 0) is 0 Å². The molecular weight excluding hydrogens is 1050 g/mol. The summed E-state index contributed by atoms with van der Waals surface area (Å²) in [5.74, 6) is -0.287. The minimum atomic E-state index is -2.46. The Morgan fingerprint density at radius 3 is 1.60 bits per heavy atom. The van der Waals surface area contributed by atoms with E-state index in [1.807, 2.05) is 72.8 Å². The highest BCUT2D eigenvalue weighted by Gasteiger charge is 2.37. The van der Waals surface area contributed by atoms with E-state index in [0.29, 0.717) is 5.69 Å². The van der Waals surface area contributed by atoms with Gasteiger partial charge in [-0.25, -0.2) is 4.39 Å². The molecule has 0 amide bonds. The average Bonchev–Trinajstić information content (AvgIpc) is 1.29. The fourth-order valence-electron chi connectivity index (χ4n) is 13.7. The average molecular weight is 1110 g/mol. The number of benzene rings is 14. The number of nitrogens with zero attached hydrogens (tertiary/aromatic N) is 2. The van der Waals surface area contributed by atoms with E-state index in [-0.39, 0.29) is 5.82 Å². The van der Waals surface area contributed by atoms with Gasteiger partial charge in [-0.15, -0.1) is 0 Å². The van der Waals surface area contributed by atoms with Gasteiger partial charge in [0.15, 0.2) is 5.58 Å². The van der Waals surface area contributed by atoms with Crippen LogP contribution in [0.25, 0.3) is 110 Å². The number of furan rings is 1. The van der Waals surface area contributed by atoms with Crippen molar-refractivity contribution in [1.82, 2.24) is 0 Å². The minimum Gasteiger partial charge on any atom is -0.454 e. The van der Waals surface area contributed by atoms with Crippen LogP contribution in [0.15, 0.2) is 302 Å². The van der Waals surface area contributed by atoms with Gasteiger partial charge >= 0.3 is 0 Å². The lowest BCUT2D eigenvalue weighted by Crippen LogP contribution is -2.56. The van der Waals surface area contributed by atoms with E-state index in [1.165, 1.54) is 59.4 Å². The molecular formula is C80H55FN2OSi. The third-order valence-electron chi connectivity index (χ3n) is 17.7. The van der Waals surface area contributed by atoms with E-state index >= 15 is 4.39 Å². The fourth-order valence-corrected chi connectivity index (χ4v) is 16.8. The molecule has 5 heteroatoms. The Hall–Kier alpha value is -10.6. The van der Waals surface area contributed by atoms with Crippen LogP contribution in [0.5, 0.6) is 0 Å². The van der Waals surface area contributed by atoms with Gasteiger partial charge in [-0.2, -0.15) is 0 Å². The van der Waals surface area contributed by atoms with Crippen LogP contribution >= 0.6 is 0 Å². The van der Waals surface area contributed by atoms with Gasteiger partial charge in [-0.3, -0.25) is 0 Å². The SMILES string of the molecule is C[Si]1(C)c2cc(N(c3ccccc3)c3c(F)cc(-c4ccccc4)cc3-c3ccccc3)ccc2-c2cc3c4ccccc4c(-c4ccc(N(c5ccccc5-c5ccccc5)c5cccc6c5oc5ccccc56)cc4)cc3c3cccc1c23. The second-order valence-electron chi connectivity index (χ2n) is 22.8. The maximum absolute atomic E-state index is 17.6. The third-order valence-corrected chi connectivity index (χ3v) is 21.2. The second kappa shape index (κ2) is 20.1. The zero-order valence-corrected chi connectivity index (χ0v) is 48.0.